The highest BCUT2D eigenvalue weighted by Crippen LogP contribution is 2.31. The molecule has 0 aliphatic heterocycles. The van der Waals surface area contributed by atoms with Crippen LogP contribution in [-0.2, 0) is 0 Å². The first kappa shape index (κ1) is 10.7. The van der Waals surface area contributed by atoms with Crippen LogP contribution in [0, 0.1) is 3.57 Å². The number of rotatable bonds is 3. The van der Waals surface area contributed by atoms with E-state index in [2.05, 4.69) is 27.9 Å². The zero-order chi connectivity index (χ0) is 10.8. The predicted octanol–water partition coefficient (Wildman–Crippen LogP) is 2.19. The zero-order valence-electron chi connectivity index (χ0n) is 8.42. The summed E-state index contributed by atoms with van der Waals surface area (Å²) in [5, 5.41) is 2.62. The fraction of sp³-hybridized carbons (Fsp3) is 0.364. The molecule has 15 heavy (non-hydrogen) atoms. The van der Waals surface area contributed by atoms with Gasteiger partial charge in [-0.05, 0) is 47.6 Å². The van der Waals surface area contributed by atoms with Crippen molar-refractivity contribution in [3.8, 4) is 5.75 Å². The van der Waals surface area contributed by atoms with Gasteiger partial charge in [0.2, 0.25) is 0 Å². The standard InChI is InChI=1S/C11H12INO2/c1-13-11(14)8-3-2-4-9(10(8)12)15-7-5-6-7/h2-4,7H,5-6H2,1H3,(H,13,14). The summed E-state index contributed by atoms with van der Waals surface area (Å²) < 4.78 is 6.59. The second-order valence-electron chi connectivity index (χ2n) is 3.51. The molecule has 1 N–H and O–H groups in total. The summed E-state index contributed by atoms with van der Waals surface area (Å²) in [7, 11) is 1.63. The van der Waals surface area contributed by atoms with E-state index in [9.17, 15) is 4.79 Å². The molecule has 1 aliphatic rings. The normalized spacial score (nSPS) is 14.8. The van der Waals surface area contributed by atoms with E-state index in [1.54, 1.807) is 13.1 Å². The van der Waals surface area contributed by atoms with Crippen LogP contribution in [0.15, 0.2) is 18.2 Å². The highest BCUT2D eigenvalue weighted by molar-refractivity contribution is 14.1. The van der Waals surface area contributed by atoms with E-state index in [0.29, 0.717) is 11.7 Å². The van der Waals surface area contributed by atoms with Gasteiger partial charge in [0.15, 0.2) is 0 Å². The fourth-order valence-corrected chi connectivity index (χ4v) is 2.01. The third kappa shape index (κ3) is 2.42. The highest BCUT2D eigenvalue weighted by atomic mass is 127. The molecule has 0 spiro atoms. The first-order chi connectivity index (χ1) is 7.22. The Bertz CT molecular complexity index is 388. The van der Waals surface area contributed by atoms with Crippen molar-refractivity contribution < 1.29 is 9.53 Å². The zero-order valence-corrected chi connectivity index (χ0v) is 10.6. The molecule has 3 nitrogen and oxygen atoms in total. The van der Waals surface area contributed by atoms with Crippen LogP contribution >= 0.6 is 22.6 Å². The summed E-state index contributed by atoms with van der Waals surface area (Å²) in [6, 6.07) is 5.57. The number of hydrogen-bond donors (Lipinski definition) is 1. The van der Waals surface area contributed by atoms with Crippen molar-refractivity contribution in [2.45, 2.75) is 18.9 Å². The smallest absolute Gasteiger partial charge is 0.252 e. The molecule has 1 aliphatic carbocycles. The van der Waals surface area contributed by atoms with E-state index in [4.69, 9.17) is 4.74 Å². The van der Waals surface area contributed by atoms with E-state index < -0.39 is 0 Å². The van der Waals surface area contributed by atoms with E-state index in [0.717, 1.165) is 22.2 Å². The van der Waals surface area contributed by atoms with Crippen LogP contribution in [0.3, 0.4) is 0 Å². The molecule has 0 saturated heterocycles. The lowest BCUT2D eigenvalue weighted by atomic mass is 10.2. The number of benzene rings is 1. The number of amides is 1. The molecule has 80 valence electrons. The van der Waals surface area contributed by atoms with Crippen LogP contribution in [0.1, 0.15) is 23.2 Å². The topological polar surface area (TPSA) is 38.3 Å². The average Bonchev–Trinajstić information content (AvgIpc) is 3.04. The number of carbonyl (C=O) groups excluding carboxylic acids is 1. The minimum Gasteiger partial charge on any atom is -0.489 e. The van der Waals surface area contributed by atoms with E-state index in [1.165, 1.54) is 0 Å². The summed E-state index contributed by atoms with van der Waals surface area (Å²) in [6.45, 7) is 0. The van der Waals surface area contributed by atoms with Gasteiger partial charge in [-0.25, -0.2) is 0 Å². The number of halogens is 1. The highest BCUT2D eigenvalue weighted by Gasteiger charge is 2.25. The molecule has 1 amide bonds. The number of ether oxygens (including phenoxy) is 1. The molecular weight excluding hydrogens is 305 g/mol. The first-order valence-corrected chi connectivity index (χ1v) is 5.97. The third-order valence-electron chi connectivity index (χ3n) is 2.25. The molecule has 2 rings (SSSR count). The van der Waals surface area contributed by atoms with Crippen molar-refractivity contribution in [3.05, 3.63) is 27.3 Å². The molecule has 1 saturated carbocycles. The lowest BCUT2D eigenvalue weighted by molar-refractivity contribution is 0.0961. The van der Waals surface area contributed by atoms with Crippen LogP contribution in [0.25, 0.3) is 0 Å². The van der Waals surface area contributed by atoms with Gasteiger partial charge in [-0.1, -0.05) is 6.07 Å². The summed E-state index contributed by atoms with van der Waals surface area (Å²) in [6.07, 6.45) is 2.61. The maximum Gasteiger partial charge on any atom is 0.252 e. The number of nitrogens with one attached hydrogen (secondary N) is 1. The van der Waals surface area contributed by atoms with Crippen LogP contribution in [0.2, 0.25) is 0 Å². The molecule has 0 atom stereocenters. The predicted molar refractivity (Wildman–Crippen MR) is 66.2 cm³/mol. The SMILES string of the molecule is CNC(=O)c1cccc(OC2CC2)c1I. The average molecular weight is 317 g/mol. The quantitative estimate of drug-likeness (QED) is 0.868. The largest absolute Gasteiger partial charge is 0.489 e. The van der Waals surface area contributed by atoms with Crippen LogP contribution in [-0.4, -0.2) is 19.1 Å². The Morgan fingerprint density at radius 2 is 2.27 bits per heavy atom. The molecule has 1 fully saturated rings. The van der Waals surface area contributed by atoms with Crippen molar-refractivity contribution in [1.29, 1.82) is 0 Å². The molecule has 1 aromatic rings. The molecule has 0 bridgehead atoms. The van der Waals surface area contributed by atoms with Crippen LogP contribution in [0.5, 0.6) is 5.75 Å². The van der Waals surface area contributed by atoms with Gasteiger partial charge in [-0.3, -0.25) is 4.79 Å². The Hall–Kier alpha value is -0.780. The molecular formula is C11H12INO2. The Labute approximate surface area is 102 Å². The van der Waals surface area contributed by atoms with Crippen molar-refractivity contribution >= 4 is 28.5 Å². The Morgan fingerprint density at radius 1 is 1.53 bits per heavy atom. The Kier molecular flexibility index (Phi) is 3.14. The van der Waals surface area contributed by atoms with E-state index in [1.807, 2.05) is 12.1 Å². The molecule has 4 heteroatoms. The summed E-state index contributed by atoms with van der Waals surface area (Å²) in [5.41, 5.74) is 0.677. The first-order valence-electron chi connectivity index (χ1n) is 4.89. The number of carbonyl (C=O) groups is 1. The minimum absolute atomic E-state index is 0.0688. The van der Waals surface area contributed by atoms with Gasteiger partial charge in [0.25, 0.3) is 5.91 Å². The molecule has 0 radical (unpaired) electrons. The monoisotopic (exact) mass is 317 g/mol. The summed E-state index contributed by atoms with van der Waals surface area (Å²) in [5.74, 6) is 0.750. The van der Waals surface area contributed by atoms with Gasteiger partial charge in [-0.15, -0.1) is 0 Å². The van der Waals surface area contributed by atoms with Crippen LogP contribution in [0.4, 0.5) is 0 Å². The second-order valence-corrected chi connectivity index (χ2v) is 4.59. The van der Waals surface area contributed by atoms with Crippen molar-refractivity contribution in [1.82, 2.24) is 5.32 Å². The molecule has 1 aromatic carbocycles. The van der Waals surface area contributed by atoms with Crippen molar-refractivity contribution in [3.63, 3.8) is 0 Å². The lowest BCUT2D eigenvalue weighted by Gasteiger charge is -2.09. The van der Waals surface area contributed by atoms with E-state index >= 15 is 0 Å². The third-order valence-corrected chi connectivity index (χ3v) is 3.37. The van der Waals surface area contributed by atoms with Gasteiger partial charge >= 0.3 is 0 Å². The molecule has 0 unspecified atom stereocenters. The molecule has 0 aromatic heterocycles. The lowest BCUT2D eigenvalue weighted by Crippen LogP contribution is -2.19. The maximum absolute atomic E-state index is 11.5. The van der Waals surface area contributed by atoms with E-state index in [-0.39, 0.29) is 5.91 Å². The van der Waals surface area contributed by atoms with Gasteiger partial charge in [-0.2, -0.15) is 0 Å². The van der Waals surface area contributed by atoms with Gasteiger partial charge in [0.1, 0.15) is 5.75 Å². The van der Waals surface area contributed by atoms with Crippen molar-refractivity contribution in [2.75, 3.05) is 7.05 Å². The van der Waals surface area contributed by atoms with Gasteiger partial charge in [0.05, 0.1) is 15.2 Å². The Balaban J connectivity index is 2.27. The molecule has 0 heterocycles. The van der Waals surface area contributed by atoms with Gasteiger partial charge < -0.3 is 10.1 Å². The maximum atomic E-state index is 11.5. The summed E-state index contributed by atoms with van der Waals surface area (Å²) in [4.78, 5) is 11.5. The second kappa shape index (κ2) is 4.38. The van der Waals surface area contributed by atoms with Gasteiger partial charge in [0, 0.05) is 7.05 Å². The minimum atomic E-state index is -0.0688. The number of hydrogen-bond acceptors (Lipinski definition) is 2. The van der Waals surface area contributed by atoms with Crippen LogP contribution < -0.4 is 10.1 Å². The van der Waals surface area contributed by atoms with Crippen molar-refractivity contribution in [2.24, 2.45) is 0 Å². The fourth-order valence-electron chi connectivity index (χ4n) is 1.28. The Morgan fingerprint density at radius 3 is 2.87 bits per heavy atom. The summed E-state index contributed by atoms with van der Waals surface area (Å²) >= 11 is 2.15.